The second-order valence-corrected chi connectivity index (χ2v) is 6.49. The van der Waals surface area contributed by atoms with Crippen LogP contribution in [0.4, 0.5) is 19.1 Å². The predicted molar refractivity (Wildman–Crippen MR) is 102 cm³/mol. The number of aldehydes is 1. The number of halogens is 3. The van der Waals surface area contributed by atoms with Crippen molar-refractivity contribution in [3.63, 3.8) is 0 Å². The van der Waals surface area contributed by atoms with Gasteiger partial charge in [0, 0.05) is 24.2 Å². The van der Waals surface area contributed by atoms with Gasteiger partial charge in [0.1, 0.15) is 5.75 Å². The lowest BCUT2D eigenvalue weighted by Gasteiger charge is -2.27. The third-order valence-electron chi connectivity index (χ3n) is 4.53. The molecule has 30 heavy (non-hydrogen) atoms. The zero-order chi connectivity index (χ0) is 21.1. The largest absolute Gasteiger partial charge is 0.573 e. The first-order valence-corrected chi connectivity index (χ1v) is 9.15. The van der Waals surface area contributed by atoms with Gasteiger partial charge < -0.3 is 14.4 Å². The molecule has 156 valence electrons. The maximum absolute atomic E-state index is 12.4. The molecule has 0 bridgehead atoms. The Morgan fingerprint density at radius 1 is 1.03 bits per heavy atom. The molecule has 1 aliphatic heterocycles. The first kappa shape index (κ1) is 19.9. The molecule has 0 saturated carbocycles. The number of alkyl halides is 3. The molecule has 1 saturated heterocycles. The van der Waals surface area contributed by atoms with E-state index in [9.17, 15) is 18.0 Å². The molecule has 3 aromatic rings. The van der Waals surface area contributed by atoms with E-state index in [1.807, 2.05) is 4.90 Å². The summed E-state index contributed by atoms with van der Waals surface area (Å²) in [5.74, 6) is 0.527. The molecular formula is C20H17F3N4O3. The number of carbonyl (C=O) groups is 1. The van der Waals surface area contributed by atoms with Gasteiger partial charge in [0.05, 0.1) is 18.9 Å². The molecule has 2 aromatic carbocycles. The average Bonchev–Trinajstić information content (AvgIpc) is 3.19. The third-order valence-corrected chi connectivity index (χ3v) is 4.53. The smallest absolute Gasteiger partial charge is 0.406 e. The van der Waals surface area contributed by atoms with Gasteiger partial charge in [0.25, 0.3) is 0 Å². The molecular weight excluding hydrogens is 401 g/mol. The van der Waals surface area contributed by atoms with E-state index in [0.717, 1.165) is 6.29 Å². The molecule has 4 rings (SSSR count). The van der Waals surface area contributed by atoms with E-state index in [2.05, 4.69) is 14.8 Å². The molecule has 1 aromatic heterocycles. The number of anilines is 1. The summed E-state index contributed by atoms with van der Waals surface area (Å²) in [6, 6.07) is 12.3. The van der Waals surface area contributed by atoms with Gasteiger partial charge in [-0.3, -0.25) is 4.79 Å². The molecule has 0 unspecified atom stereocenters. The Hall–Kier alpha value is -3.40. The number of benzene rings is 2. The van der Waals surface area contributed by atoms with Crippen LogP contribution in [0.3, 0.4) is 0 Å². The van der Waals surface area contributed by atoms with E-state index in [1.165, 1.54) is 24.3 Å². The lowest BCUT2D eigenvalue weighted by atomic mass is 10.1. The number of ether oxygens (including phenoxy) is 2. The molecule has 0 spiro atoms. The van der Waals surface area contributed by atoms with Crippen molar-refractivity contribution in [3.8, 4) is 22.8 Å². The summed E-state index contributed by atoms with van der Waals surface area (Å²) in [5.41, 5.74) is 1.52. The van der Waals surface area contributed by atoms with Gasteiger partial charge in [0.2, 0.25) is 5.95 Å². The monoisotopic (exact) mass is 418 g/mol. The number of hydrogen-bond donors (Lipinski definition) is 0. The summed E-state index contributed by atoms with van der Waals surface area (Å²) in [4.78, 5) is 18.0. The number of carbonyl (C=O) groups excluding carboxylic acids is 1. The first-order valence-electron chi connectivity index (χ1n) is 9.15. The minimum absolute atomic E-state index is 0.328. The van der Waals surface area contributed by atoms with E-state index in [4.69, 9.17) is 4.74 Å². The van der Waals surface area contributed by atoms with Crippen molar-refractivity contribution in [2.75, 3.05) is 31.2 Å². The standard InChI is InChI=1S/C20H17F3N4O3/c21-20(22,23)30-16-7-5-15(6-8-16)27-19(26-9-11-29-12-10-26)24-18(25-27)17-4-2-1-3-14(17)13-28/h1-8,13H,9-12H2. The van der Waals surface area contributed by atoms with Crippen molar-refractivity contribution in [2.45, 2.75) is 6.36 Å². The summed E-state index contributed by atoms with van der Waals surface area (Å²) in [5, 5.41) is 4.54. The van der Waals surface area contributed by atoms with E-state index in [1.54, 1.807) is 28.9 Å². The normalized spacial score (nSPS) is 14.6. The van der Waals surface area contributed by atoms with Crippen LogP contribution in [0.5, 0.6) is 5.75 Å². The van der Waals surface area contributed by atoms with Gasteiger partial charge >= 0.3 is 6.36 Å². The predicted octanol–water partition coefficient (Wildman–Crippen LogP) is 3.48. The zero-order valence-corrected chi connectivity index (χ0v) is 15.7. The number of nitrogens with zero attached hydrogens (tertiary/aromatic N) is 4. The van der Waals surface area contributed by atoms with Crippen LogP contribution in [-0.4, -0.2) is 53.7 Å². The van der Waals surface area contributed by atoms with Gasteiger partial charge in [-0.2, -0.15) is 9.67 Å². The van der Waals surface area contributed by atoms with Gasteiger partial charge in [-0.1, -0.05) is 24.3 Å². The number of morpholine rings is 1. The third kappa shape index (κ3) is 4.28. The van der Waals surface area contributed by atoms with Crippen LogP contribution in [0, 0.1) is 0 Å². The summed E-state index contributed by atoms with van der Waals surface area (Å²) < 4.78 is 48.2. The van der Waals surface area contributed by atoms with Crippen LogP contribution >= 0.6 is 0 Å². The molecule has 1 fully saturated rings. The molecule has 1 aliphatic rings. The summed E-state index contributed by atoms with van der Waals surface area (Å²) in [7, 11) is 0. The second-order valence-electron chi connectivity index (χ2n) is 6.49. The van der Waals surface area contributed by atoms with E-state index >= 15 is 0 Å². The Labute approximate surface area is 169 Å². The fourth-order valence-corrected chi connectivity index (χ4v) is 3.15. The van der Waals surface area contributed by atoms with Gasteiger partial charge in [-0.05, 0) is 24.3 Å². The van der Waals surface area contributed by atoms with Crippen LogP contribution < -0.4 is 9.64 Å². The van der Waals surface area contributed by atoms with Crippen LogP contribution in [0.15, 0.2) is 48.5 Å². The Morgan fingerprint density at radius 3 is 2.40 bits per heavy atom. The van der Waals surface area contributed by atoms with E-state index in [-0.39, 0.29) is 5.75 Å². The summed E-state index contributed by atoms with van der Waals surface area (Å²) >= 11 is 0. The van der Waals surface area contributed by atoms with Crippen LogP contribution in [0.2, 0.25) is 0 Å². The highest BCUT2D eigenvalue weighted by molar-refractivity contribution is 5.85. The van der Waals surface area contributed by atoms with Crippen molar-refractivity contribution in [1.82, 2.24) is 14.8 Å². The molecule has 2 heterocycles. The summed E-state index contributed by atoms with van der Waals surface area (Å²) in [6.07, 6.45) is -4.03. The van der Waals surface area contributed by atoms with Crippen molar-refractivity contribution in [1.29, 1.82) is 0 Å². The van der Waals surface area contributed by atoms with Crippen molar-refractivity contribution in [3.05, 3.63) is 54.1 Å². The molecule has 0 aliphatic carbocycles. The molecule has 0 amide bonds. The minimum Gasteiger partial charge on any atom is -0.406 e. The Kier molecular flexibility index (Phi) is 5.40. The van der Waals surface area contributed by atoms with Gasteiger partial charge in [-0.25, -0.2) is 0 Å². The highest BCUT2D eigenvalue weighted by Crippen LogP contribution is 2.28. The summed E-state index contributed by atoms with van der Waals surface area (Å²) in [6.45, 7) is 2.21. The van der Waals surface area contributed by atoms with Crippen LogP contribution in [0.1, 0.15) is 10.4 Å². The number of aromatic nitrogens is 3. The quantitative estimate of drug-likeness (QED) is 0.591. The van der Waals surface area contributed by atoms with E-state index < -0.39 is 6.36 Å². The maximum Gasteiger partial charge on any atom is 0.573 e. The first-order chi connectivity index (χ1) is 14.4. The van der Waals surface area contributed by atoms with Crippen LogP contribution in [0.25, 0.3) is 17.1 Å². The Morgan fingerprint density at radius 2 is 1.73 bits per heavy atom. The second kappa shape index (κ2) is 8.15. The molecule has 0 N–H and O–H groups in total. The minimum atomic E-state index is -4.76. The average molecular weight is 418 g/mol. The SMILES string of the molecule is O=Cc1ccccc1-c1nc(N2CCOCC2)n(-c2ccc(OC(F)(F)F)cc2)n1. The van der Waals surface area contributed by atoms with Crippen molar-refractivity contribution in [2.24, 2.45) is 0 Å². The topological polar surface area (TPSA) is 69.5 Å². The molecule has 7 nitrogen and oxygen atoms in total. The Balaban J connectivity index is 1.75. The lowest BCUT2D eigenvalue weighted by molar-refractivity contribution is -0.274. The van der Waals surface area contributed by atoms with Crippen LogP contribution in [-0.2, 0) is 4.74 Å². The fourth-order valence-electron chi connectivity index (χ4n) is 3.15. The fraction of sp³-hybridized carbons (Fsp3) is 0.250. The molecule has 0 radical (unpaired) electrons. The number of hydrogen-bond acceptors (Lipinski definition) is 6. The molecule has 10 heteroatoms. The maximum atomic E-state index is 12.4. The zero-order valence-electron chi connectivity index (χ0n) is 15.7. The van der Waals surface area contributed by atoms with Gasteiger partial charge in [0.15, 0.2) is 12.1 Å². The van der Waals surface area contributed by atoms with Crippen molar-refractivity contribution >= 4 is 12.2 Å². The highest BCUT2D eigenvalue weighted by Gasteiger charge is 2.31. The highest BCUT2D eigenvalue weighted by atomic mass is 19.4. The lowest BCUT2D eigenvalue weighted by Crippen LogP contribution is -2.37. The molecule has 0 atom stereocenters. The number of rotatable bonds is 5. The van der Waals surface area contributed by atoms with Gasteiger partial charge in [-0.15, -0.1) is 18.3 Å². The Bertz CT molecular complexity index is 1030. The van der Waals surface area contributed by atoms with Crippen molar-refractivity contribution < 1.29 is 27.4 Å². The van der Waals surface area contributed by atoms with E-state index in [0.29, 0.717) is 54.9 Å².